The van der Waals surface area contributed by atoms with E-state index in [-0.39, 0.29) is 12.1 Å². The standard InChI is InChI=1S/C21H21F3N2O3/c1-28-18-6-7-19-15(10-18)12-25(9-8-17-13-29-20(27)26(17)19)11-14-2-4-16(5-3-14)21(22,23)24/h2-7,10,17H,8-9,11-13H2,1H3/t17-/m0/s1. The molecule has 1 atom stereocenters. The number of rotatable bonds is 3. The molecule has 0 bridgehead atoms. The normalized spacial score (nSPS) is 19.8. The molecule has 1 amide bonds. The number of carbonyl (C=O) groups excluding carboxylic acids is 1. The SMILES string of the molecule is COc1ccc2c(c1)CN(Cc1ccc(C(F)(F)F)cc1)CC[C@H]1COC(=O)N21. The summed E-state index contributed by atoms with van der Waals surface area (Å²) in [6.07, 6.45) is -3.97. The Morgan fingerprint density at radius 1 is 1.17 bits per heavy atom. The van der Waals surface area contributed by atoms with E-state index >= 15 is 0 Å². The first-order chi connectivity index (χ1) is 13.8. The Balaban J connectivity index is 1.60. The zero-order valence-electron chi connectivity index (χ0n) is 15.9. The van der Waals surface area contributed by atoms with Gasteiger partial charge in [-0.05, 0) is 47.9 Å². The Hall–Kier alpha value is -2.74. The average molecular weight is 406 g/mol. The molecule has 0 unspecified atom stereocenters. The molecule has 0 saturated carbocycles. The Bertz CT molecular complexity index is 899. The predicted octanol–water partition coefficient (Wildman–Crippen LogP) is 4.45. The first-order valence-electron chi connectivity index (χ1n) is 9.36. The predicted molar refractivity (Wildman–Crippen MR) is 101 cm³/mol. The maximum absolute atomic E-state index is 12.8. The fourth-order valence-corrected chi connectivity index (χ4v) is 3.86. The zero-order valence-corrected chi connectivity index (χ0v) is 15.9. The number of methoxy groups -OCH3 is 1. The number of nitrogens with zero attached hydrogens (tertiary/aromatic N) is 2. The smallest absolute Gasteiger partial charge is 0.416 e. The van der Waals surface area contributed by atoms with E-state index in [2.05, 4.69) is 4.90 Å². The van der Waals surface area contributed by atoms with Crippen LogP contribution in [0, 0.1) is 0 Å². The molecule has 154 valence electrons. The van der Waals surface area contributed by atoms with Gasteiger partial charge in [0.2, 0.25) is 0 Å². The highest BCUT2D eigenvalue weighted by atomic mass is 19.4. The van der Waals surface area contributed by atoms with Gasteiger partial charge in [-0.15, -0.1) is 0 Å². The molecule has 0 radical (unpaired) electrons. The summed E-state index contributed by atoms with van der Waals surface area (Å²) in [5.41, 5.74) is 1.86. The van der Waals surface area contributed by atoms with Crippen molar-refractivity contribution in [1.29, 1.82) is 0 Å². The Kier molecular flexibility index (Phi) is 5.12. The lowest BCUT2D eigenvalue weighted by Crippen LogP contribution is -2.40. The van der Waals surface area contributed by atoms with Gasteiger partial charge in [0.1, 0.15) is 12.4 Å². The van der Waals surface area contributed by atoms with Crippen LogP contribution in [0.2, 0.25) is 0 Å². The van der Waals surface area contributed by atoms with E-state index < -0.39 is 11.7 Å². The van der Waals surface area contributed by atoms with Crippen molar-refractivity contribution in [3.8, 4) is 5.75 Å². The molecule has 0 aromatic heterocycles. The summed E-state index contributed by atoms with van der Waals surface area (Å²) in [5, 5.41) is 0. The van der Waals surface area contributed by atoms with Crippen LogP contribution in [0.1, 0.15) is 23.1 Å². The molecule has 0 spiro atoms. The fraction of sp³-hybridized carbons (Fsp3) is 0.381. The van der Waals surface area contributed by atoms with Crippen LogP contribution in [0.4, 0.5) is 23.7 Å². The van der Waals surface area contributed by atoms with Gasteiger partial charge in [-0.1, -0.05) is 12.1 Å². The number of benzene rings is 2. The molecule has 4 rings (SSSR count). The first-order valence-corrected chi connectivity index (χ1v) is 9.36. The van der Waals surface area contributed by atoms with Crippen LogP contribution in [0.15, 0.2) is 42.5 Å². The number of fused-ring (bicyclic) bond motifs is 3. The van der Waals surface area contributed by atoms with E-state index in [0.29, 0.717) is 32.0 Å². The monoisotopic (exact) mass is 406 g/mol. The molecule has 0 aliphatic carbocycles. The molecule has 0 N–H and O–H groups in total. The van der Waals surface area contributed by atoms with Gasteiger partial charge in [0.15, 0.2) is 0 Å². The number of ether oxygens (including phenoxy) is 2. The lowest BCUT2D eigenvalue weighted by atomic mass is 10.0. The van der Waals surface area contributed by atoms with E-state index in [1.54, 1.807) is 12.0 Å². The number of hydrogen-bond acceptors (Lipinski definition) is 4. The van der Waals surface area contributed by atoms with E-state index in [1.165, 1.54) is 12.1 Å². The summed E-state index contributed by atoms with van der Waals surface area (Å²) in [4.78, 5) is 16.1. The van der Waals surface area contributed by atoms with Crippen molar-refractivity contribution in [2.45, 2.75) is 31.7 Å². The van der Waals surface area contributed by atoms with E-state index in [0.717, 1.165) is 35.4 Å². The van der Waals surface area contributed by atoms with Crippen LogP contribution in [0.25, 0.3) is 0 Å². The van der Waals surface area contributed by atoms with Crippen molar-refractivity contribution in [3.63, 3.8) is 0 Å². The second-order valence-electron chi connectivity index (χ2n) is 7.29. The van der Waals surface area contributed by atoms with Crippen molar-refractivity contribution in [3.05, 3.63) is 59.2 Å². The van der Waals surface area contributed by atoms with Crippen LogP contribution >= 0.6 is 0 Å². The summed E-state index contributed by atoms with van der Waals surface area (Å²) < 4.78 is 49.0. The highest BCUT2D eigenvalue weighted by molar-refractivity contribution is 5.91. The van der Waals surface area contributed by atoms with Crippen LogP contribution < -0.4 is 9.64 Å². The molecule has 2 aromatic rings. The Morgan fingerprint density at radius 2 is 1.93 bits per heavy atom. The number of halogens is 3. The van der Waals surface area contributed by atoms with Crippen molar-refractivity contribution in [2.24, 2.45) is 0 Å². The number of hydrogen-bond donors (Lipinski definition) is 0. The number of anilines is 1. The molecular formula is C21H21F3N2O3. The molecule has 2 aliphatic rings. The van der Waals surface area contributed by atoms with Crippen LogP contribution in [0.3, 0.4) is 0 Å². The van der Waals surface area contributed by atoms with E-state index in [9.17, 15) is 18.0 Å². The van der Waals surface area contributed by atoms with Crippen molar-refractivity contribution < 1.29 is 27.4 Å². The largest absolute Gasteiger partial charge is 0.497 e. The van der Waals surface area contributed by atoms with Gasteiger partial charge in [0.05, 0.1) is 24.4 Å². The number of carbonyl (C=O) groups is 1. The third-order valence-electron chi connectivity index (χ3n) is 5.37. The molecular weight excluding hydrogens is 385 g/mol. The summed E-state index contributed by atoms with van der Waals surface area (Å²) in [5.74, 6) is 0.683. The Morgan fingerprint density at radius 3 is 2.62 bits per heavy atom. The second-order valence-corrected chi connectivity index (χ2v) is 7.29. The van der Waals surface area contributed by atoms with Crippen molar-refractivity contribution >= 4 is 11.8 Å². The Labute approximate surface area is 166 Å². The van der Waals surface area contributed by atoms with Crippen molar-refractivity contribution in [1.82, 2.24) is 4.90 Å². The minimum atomic E-state index is -4.34. The minimum Gasteiger partial charge on any atom is -0.497 e. The molecule has 1 saturated heterocycles. The van der Waals surface area contributed by atoms with E-state index in [4.69, 9.17) is 9.47 Å². The summed E-state index contributed by atoms with van der Waals surface area (Å²) in [6.45, 7) is 2.08. The topological polar surface area (TPSA) is 42.0 Å². The van der Waals surface area contributed by atoms with Crippen LogP contribution in [-0.4, -0.2) is 37.3 Å². The van der Waals surface area contributed by atoms with Gasteiger partial charge in [-0.25, -0.2) is 4.79 Å². The minimum absolute atomic E-state index is 0.0648. The molecule has 1 fully saturated rings. The maximum atomic E-state index is 12.8. The molecule has 2 heterocycles. The zero-order chi connectivity index (χ0) is 20.6. The van der Waals surface area contributed by atoms with Gasteiger partial charge in [0.25, 0.3) is 0 Å². The summed E-state index contributed by atoms with van der Waals surface area (Å²) >= 11 is 0. The third-order valence-corrected chi connectivity index (χ3v) is 5.37. The van der Waals surface area contributed by atoms with Crippen LogP contribution in [0.5, 0.6) is 5.75 Å². The first kappa shape index (κ1) is 19.6. The average Bonchev–Trinajstić information content (AvgIpc) is 3.04. The molecule has 29 heavy (non-hydrogen) atoms. The summed E-state index contributed by atoms with van der Waals surface area (Å²) in [7, 11) is 1.58. The lowest BCUT2D eigenvalue weighted by molar-refractivity contribution is -0.137. The maximum Gasteiger partial charge on any atom is 0.416 e. The molecule has 8 heteroatoms. The highest BCUT2D eigenvalue weighted by Crippen LogP contribution is 2.34. The summed E-state index contributed by atoms with van der Waals surface area (Å²) in [6, 6.07) is 10.8. The quantitative estimate of drug-likeness (QED) is 0.756. The molecule has 2 aliphatic heterocycles. The van der Waals surface area contributed by atoms with E-state index in [1.807, 2.05) is 18.2 Å². The fourth-order valence-electron chi connectivity index (χ4n) is 3.86. The van der Waals surface area contributed by atoms with Gasteiger partial charge in [0, 0.05) is 19.6 Å². The highest BCUT2D eigenvalue weighted by Gasteiger charge is 2.37. The van der Waals surface area contributed by atoms with Gasteiger partial charge in [-0.2, -0.15) is 13.2 Å². The van der Waals surface area contributed by atoms with Gasteiger partial charge in [-0.3, -0.25) is 9.80 Å². The van der Waals surface area contributed by atoms with Gasteiger partial charge >= 0.3 is 12.3 Å². The molecule has 2 aromatic carbocycles. The van der Waals surface area contributed by atoms with Crippen molar-refractivity contribution in [2.75, 3.05) is 25.2 Å². The van der Waals surface area contributed by atoms with Gasteiger partial charge < -0.3 is 9.47 Å². The number of cyclic esters (lactones) is 1. The number of alkyl halides is 3. The lowest BCUT2D eigenvalue weighted by Gasteiger charge is -2.32. The number of amides is 1. The van der Waals surface area contributed by atoms with Crippen LogP contribution in [-0.2, 0) is 24.0 Å². The molecule has 5 nitrogen and oxygen atoms in total. The third kappa shape index (κ3) is 4.03. The second kappa shape index (κ2) is 7.59.